The lowest BCUT2D eigenvalue weighted by atomic mass is 9.86. The van der Waals surface area contributed by atoms with Crippen LogP contribution in [0.4, 0.5) is 0 Å². The van der Waals surface area contributed by atoms with Gasteiger partial charge in [-0.2, -0.15) is 0 Å². The van der Waals surface area contributed by atoms with Gasteiger partial charge < -0.3 is 4.74 Å². The zero-order valence-electron chi connectivity index (χ0n) is 11.2. The first-order chi connectivity index (χ1) is 7.65. The molecule has 0 fully saturated rings. The molecule has 2 unspecified atom stereocenters. The van der Waals surface area contributed by atoms with Gasteiger partial charge in [-0.25, -0.2) is 0 Å². The zero-order valence-corrected chi connectivity index (χ0v) is 11.2. The van der Waals surface area contributed by atoms with Crippen molar-refractivity contribution >= 4 is 0 Å². The highest BCUT2D eigenvalue weighted by atomic mass is 16.5. The Morgan fingerprint density at radius 2 is 1.69 bits per heavy atom. The summed E-state index contributed by atoms with van der Waals surface area (Å²) in [6.07, 6.45) is 2.33. The van der Waals surface area contributed by atoms with Crippen LogP contribution in [0.25, 0.3) is 0 Å². The molecule has 1 aromatic rings. The van der Waals surface area contributed by atoms with Crippen molar-refractivity contribution in [3.8, 4) is 5.75 Å². The molecule has 1 heteroatoms. The summed E-state index contributed by atoms with van der Waals surface area (Å²) in [7, 11) is 1.77. The molecule has 0 aromatic heterocycles. The van der Waals surface area contributed by atoms with Crippen molar-refractivity contribution in [2.75, 3.05) is 7.11 Å². The van der Waals surface area contributed by atoms with Crippen molar-refractivity contribution in [1.29, 1.82) is 0 Å². The second-order valence-corrected chi connectivity index (χ2v) is 4.58. The monoisotopic (exact) mass is 220 g/mol. The number of hydrogen-bond acceptors (Lipinski definition) is 1. The summed E-state index contributed by atoms with van der Waals surface area (Å²) >= 11 is 0. The normalized spacial score (nSPS) is 14.6. The van der Waals surface area contributed by atoms with Crippen LogP contribution in [0.5, 0.6) is 5.75 Å². The second-order valence-electron chi connectivity index (χ2n) is 4.58. The summed E-state index contributed by atoms with van der Waals surface area (Å²) < 4.78 is 5.50. The van der Waals surface area contributed by atoms with Crippen LogP contribution >= 0.6 is 0 Å². The van der Waals surface area contributed by atoms with Gasteiger partial charge in [0, 0.05) is 5.56 Å². The fourth-order valence-electron chi connectivity index (χ4n) is 2.12. The minimum atomic E-state index is 0.570. The highest BCUT2D eigenvalue weighted by Gasteiger charge is 2.17. The minimum Gasteiger partial charge on any atom is -0.496 e. The smallest absolute Gasteiger partial charge is 0.122 e. The first-order valence-electron chi connectivity index (χ1n) is 6.32. The van der Waals surface area contributed by atoms with Crippen molar-refractivity contribution < 1.29 is 4.74 Å². The first kappa shape index (κ1) is 13.1. The van der Waals surface area contributed by atoms with Gasteiger partial charge in [0.05, 0.1) is 7.11 Å². The van der Waals surface area contributed by atoms with Crippen LogP contribution in [0.3, 0.4) is 0 Å². The van der Waals surface area contributed by atoms with Crippen LogP contribution in [0.1, 0.15) is 63.5 Å². The van der Waals surface area contributed by atoms with Gasteiger partial charge >= 0.3 is 0 Å². The van der Waals surface area contributed by atoms with Crippen molar-refractivity contribution in [3.63, 3.8) is 0 Å². The fourth-order valence-corrected chi connectivity index (χ4v) is 2.12. The largest absolute Gasteiger partial charge is 0.496 e. The van der Waals surface area contributed by atoms with Crippen LogP contribution in [0, 0.1) is 0 Å². The lowest BCUT2D eigenvalue weighted by molar-refractivity contribution is 0.404. The Kier molecular flexibility index (Phi) is 4.85. The molecular weight excluding hydrogens is 196 g/mol. The molecule has 1 rings (SSSR count). The van der Waals surface area contributed by atoms with E-state index in [1.165, 1.54) is 17.5 Å². The van der Waals surface area contributed by atoms with E-state index in [1.54, 1.807) is 7.11 Å². The third-order valence-corrected chi connectivity index (χ3v) is 3.57. The van der Waals surface area contributed by atoms with Crippen LogP contribution in [0.15, 0.2) is 18.2 Å². The number of benzene rings is 1. The quantitative estimate of drug-likeness (QED) is 0.697. The van der Waals surface area contributed by atoms with E-state index in [4.69, 9.17) is 4.74 Å². The van der Waals surface area contributed by atoms with Gasteiger partial charge in [-0.1, -0.05) is 39.8 Å². The summed E-state index contributed by atoms with van der Waals surface area (Å²) in [6, 6.07) is 6.43. The predicted octanol–water partition coefficient (Wildman–Crippen LogP) is 4.72. The number of rotatable bonds is 5. The second kappa shape index (κ2) is 5.93. The van der Waals surface area contributed by atoms with Crippen LogP contribution in [-0.4, -0.2) is 7.11 Å². The van der Waals surface area contributed by atoms with Gasteiger partial charge in [-0.15, -0.1) is 0 Å². The maximum atomic E-state index is 5.50. The standard InChI is InChI=1S/C15H24O/c1-6-11(3)13-9-8-10-14(16-5)15(13)12(4)7-2/h8-12H,6-7H2,1-5H3. The summed E-state index contributed by atoms with van der Waals surface area (Å²) in [5, 5.41) is 0. The molecule has 0 aliphatic carbocycles. The molecule has 0 aliphatic heterocycles. The van der Waals surface area contributed by atoms with Crippen molar-refractivity contribution in [3.05, 3.63) is 29.3 Å². The van der Waals surface area contributed by atoms with E-state index >= 15 is 0 Å². The maximum absolute atomic E-state index is 5.50. The Labute approximate surface area is 99.8 Å². The van der Waals surface area contributed by atoms with E-state index in [-0.39, 0.29) is 0 Å². The molecule has 0 amide bonds. The molecule has 16 heavy (non-hydrogen) atoms. The molecule has 0 spiro atoms. The molecule has 0 saturated heterocycles. The summed E-state index contributed by atoms with van der Waals surface area (Å²) in [6.45, 7) is 9.05. The van der Waals surface area contributed by atoms with E-state index in [0.29, 0.717) is 11.8 Å². The summed E-state index contributed by atoms with van der Waals surface area (Å²) in [5.41, 5.74) is 2.86. The highest BCUT2D eigenvalue weighted by molar-refractivity contribution is 5.44. The van der Waals surface area contributed by atoms with E-state index in [1.807, 2.05) is 0 Å². The van der Waals surface area contributed by atoms with Gasteiger partial charge in [0.1, 0.15) is 5.75 Å². The number of hydrogen-bond donors (Lipinski definition) is 0. The number of ether oxygens (including phenoxy) is 1. The third kappa shape index (κ3) is 2.58. The fraction of sp³-hybridized carbons (Fsp3) is 0.600. The predicted molar refractivity (Wildman–Crippen MR) is 70.4 cm³/mol. The van der Waals surface area contributed by atoms with E-state index in [0.717, 1.165) is 12.2 Å². The Bertz CT molecular complexity index is 330. The van der Waals surface area contributed by atoms with Crippen LogP contribution in [0.2, 0.25) is 0 Å². The van der Waals surface area contributed by atoms with Gasteiger partial charge in [0.25, 0.3) is 0 Å². The van der Waals surface area contributed by atoms with Crippen LogP contribution in [-0.2, 0) is 0 Å². The Morgan fingerprint density at radius 1 is 1.06 bits per heavy atom. The molecule has 1 aromatic carbocycles. The molecule has 0 aliphatic rings. The molecule has 0 saturated carbocycles. The minimum absolute atomic E-state index is 0.570. The molecule has 0 bridgehead atoms. The van der Waals surface area contributed by atoms with Crippen molar-refractivity contribution in [2.24, 2.45) is 0 Å². The Balaban J connectivity index is 3.25. The van der Waals surface area contributed by atoms with Crippen LogP contribution < -0.4 is 4.74 Å². The van der Waals surface area contributed by atoms with Gasteiger partial charge in [-0.3, -0.25) is 0 Å². The highest BCUT2D eigenvalue weighted by Crippen LogP contribution is 2.36. The topological polar surface area (TPSA) is 9.23 Å². The Morgan fingerprint density at radius 3 is 2.19 bits per heavy atom. The summed E-state index contributed by atoms with van der Waals surface area (Å²) in [5.74, 6) is 2.23. The van der Waals surface area contributed by atoms with Gasteiger partial charge in [0.2, 0.25) is 0 Å². The van der Waals surface area contributed by atoms with E-state index in [2.05, 4.69) is 45.9 Å². The zero-order chi connectivity index (χ0) is 12.1. The van der Waals surface area contributed by atoms with Gasteiger partial charge in [-0.05, 0) is 36.3 Å². The van der Waals surface area contributed by atoms with E-state index < -0.39 is 0 Å². The Hall–Kier alpha value is -0.980. The molecule has 90 valence electrons. The van der Waals surface area contributed by atoms with E-state index in [9.17, 15) is 0 Å². The summed E-state index contributed by atoms with van der Waals surface area (Å²) in [4.78, 5) is 0. The third-order valence-electron chi connectivity index (χ3n) is 3.57. The first-order valence-corrected chi connectivity index (χ1v) is 6.32. The average molecular weight is 220 g/mol. The van der Waals surface area contributed by atoms with Crippen molar-refractivity contribution in [1.82, 2.24) is 0 Å². The molecule has 2 atom stereocenters. The molecule has 0 radical (unpaired) electrons. The SMILES string of the molecule is CCC(C)c1cccc(OC)c1C(C)CC. The lowest BCUT2D eigenvalue weighted by Crippen LogP contribution is -2.04. The van der Waals surface area contributed by atoms with Crippen molar-refractivity contribution in [2.45, 2.75) is 52.4 Å². The lowest BCUT2D eigenvalue weighted by Gasteiger charge is -2.21. The number of methoxy groups -OCH3 is 1. The molecule has 0 heterocycles. The molecule has 1 nitrogen and oxygen atoms in total. The average Bonchev–Trinajstić information content (AvgIpc) is 2.35. The maximum Gasteiger partial charge on any atom is 0.122 e. The molecular formula is C15H24O. The van der Waals surface area contributed by atoms with Gasteiger partial charge in [0.15, 0.2) is 0 Å². The molecule has 0 N–H and O–H groups in total.